The average molecular weight is 397 g/mol. The van der Waals surface area contributed by atoms with Crippen LogP contribution in [0.2, 0.25) is 0 Å². The molecule has 0 radical (unpaired) electrons. The number of hydrogen-bond acceptors (Lipinski definition) is 5. The monoisotopic (exact) mass is 396 g/mol. The quantitative estimate of drug-likeness (QED) is 0.317. The Bertz CT molecular complexity index is 595. The normalized spacial score (nSPS) is 11.4. The molecule has 0 aliphatic rings. The first kappa shape index (κ1) is 23.0. The molecule has 1 atom stereocenters. The van der Waals surface area contributed by atoms with Gasteiger partial charge in [0.2, 0.25) is 0 Å². The van der Waals surface area contributed by atoms with E-state index in [2.05, 4.69) is 22.3 Å². The number of carbonyl (C=O) groups is 1. The molecule has 0 bridgehead atoms. The van der Waals surface area contributed by atoms with E-state index in [9.17, 15) is 4.79 Å². The van der Waals surface area contributed by atoms with E-state index in [0.717, 1.165) is 42.9 Å². The van der Waals surface area contributed by atoms with Gasteiger partial charge in [-0.3, -0.25) is 4.79 Å². The minimum absolute atomic E-state index is 0.0409. The summed E-state index contributed by atoms with van der Waals surface area (Å²) in [7, 11) is 1.41. The SMILES string of the molecule is CCOc1ccc(C(C)NC(=S)NCCCCCC(=O)OC)cc1OCC. The van der Waals surface area contributed by atoms with Crippen molar-refractivity contribution in [2.75, 3.05) is 26.9 Å². The number of ether oxygens (including phenoxy) is 3. The molecule has 0 heterocycles. The van der Waals surface area contributed by atoms with E-state index in [-0.39, 0.29) is 12.0 Å². The summed E-state index contributed by atoms with van der Waals surface area (Å²) in [4.78, 5) is 11.0. The molecule has 0 saturated heterocycles. The molecular formula is C20H32N2O4S. The molecular weight excluding hydrogens is 364 g/mol. The van der Waals surface area contributed by atoms with Gasteiger partial charge >= 0.3 is 5.97 Å². The Morgan fingerprint density at radius 1 is 1.11 bits per heavy atom. The summed E-state index contributed by atoms with van der Waals surface area (Å²) >= 11 is 5.37. The van der Waals surface area contributed by atoms with Gasteiger partial charge in [-0.25, -0.2) is 0 Å². The molecule has 1 unspecified atom stereocenters. The van der Waals surface area contributed by atoms with Crippen LogP contribution in [0.5, 0.6) is 11.5 Å². The number of methoxy groups -OCH3 is 1. The van der Waals surface area contributed by atoms with Gasteiger partial charge in [-0.15, -0.1) is 0 Å². The first-order valence-electron chi connectivity index (χ1n) is 9.52. The van der Waals surface area contributed by atoms with Crippen LogP contribution in [0, 0.1) is 0 Å². The molecule has 1 aromatic carbocycles. The standard InChI is InChI=1S/C20H32N2O4S/c1-5-25-17-12-11-16(14-18(17)26-6-2)15(3)22-20(27)21-13-9-7-8-10-19(23)24-4/h11-12,14-15H,5-10,13H2,1-4H3,(H2,21,22,27). The fraction of sp³-hybridized carbons (Fsp3) is 0.600. The van der Waals surface area contributed by atoms with Crippen LogP contribution in [0.25, 0.3) is 0 Å². The lowest BCUT2D eigenvalue weighted by Crippen LogP contribution is -2.37. The Kier molecular flexibility index (Phi) is 11.2. The highest BCUT2D eigenvalue weighted by Gasteiger charge is 2.12. The van der Waals surface area contributed by atoms with Crippen LogP contribution in [0.3, 0.4) is 0 Å². The van der Waals surface area contributed by atoms with Gasteiger partial charge < -0.3 is 24.8 Å². The van der Waals surface area contributed by atoms with Crippen LogP contribution < -0.4 is 20.1 Å². The molecule has 2 N–H and O–H groups in total. The van der Waals surface area contributed by atoms with E-state index < -0.39 is 0 Å². The molecule has 1 aromatic rings. The second-order valence-corrected chi connectivity index (χ2v) is 6.49. The maximum Gasteiger partial charge on any atom is 0.305 e. The van der Waals surface area contributed by atoms with Gasteiger partial charge in [0.05, 0.1) is 26.4 Å². The molecule has 7 heteroatoms. The van der Waals surface area contributed by atoms with Gasteiger partial charge in [0.1, 0.15) is 0 Å². The van der Waals surface area contributed by atoms with Crippen molar-refractivity contribution in [1.82, 2.24) is 10.6 Å². The van der Waals surface area contributed by atoms with E-state index in [0.29, 0.717) is 24.7 Å². The zero-order chi connectivity index (χ0) is 20.1. The summed E-state index contributed by atoms with van der Waals surface area (Å²) in [6, 6.07) is 5.97. The van der Waals surface area contributed by atoms with Crippen LogP contribution in [-0.2, 0) is 9.53 Å². The highest BCUT2D eigenvalue weighted by Crippen LogP contribution is 2.30. The van der Waals surface area contributed by atoms with Crippen LogP contribution in [0.1, 0.15) is 58.1 Å². The number of carbonyl (C=O) groups excluding carboxylic acids is 1. The lowest BCUT2D eigenvalue weighted by Gasteiger charge is -2.19. The summed E-state index contributed by atoms with van der Waals surface area (Å²) in [5.74, 6) is 1.34. The second-order valence-electron chi connectivity index (χ2n) is 6.08. The third-order valence-corrected chi connectivity index (χ3v) is 4.25. The zero-order valence-electron chi connectivity index (χ0n) is 16.8. The summed E-state index contributed by atoms with van der Waals surface area (Å²) in [5.41, 5.74) is 1.07. The molecule has 0 fully saturated rings. The summed E-state index contributed by atoms with van der Waals surface area (Å²) in [5, 5.41) is 7.10. The number of nitrogens with one attached hydrogen (secondary N) is 2. The Labute approximate surface area is 168 Å². The lowest BCUT2D eigenvalue weighted by atomic mass is 10.1. The molecule has 0 aliphatic carbocycles. The van der Waals surface area contributed by atoms with Gasteiger partial charge in [-0.2, -0.15) is 0 Å². The van der Waals surface area contributed by atoms with Crippen molar-refractivity contribution in [2.24, 2.45) is 0 Å². The molecule has 0 saturated carbocycles. The molecule has 0 amide bonds. The van der Waals surface area contributed by atoms with Gasteiger partial charge in [-0.05, 0) is 63.5 Å². The number of hydrogen-bond donors (Lipinski definition) is 2. The molecule has 0 aliphatic heterocycles. The van der Waals surface area contributed by atoms with Crippen molar-refractivity contribution in [1.29, 1.82) is 0 Å². The molecule has 152 valence electrons. The fourth-order valence-corrected chi connectivity index (χ4v) is 2.82. The predicted octanol–water partition coefficient (Wildman–Crippen LogP) is 3.74. The van der Waals surface area contributed by atoms with Gasteiger partial charge in [0.15, 0.2) is 16.6 Å². The third kappa shape index (κ3) is 8.95. The van der Waals surface area contributed by atoms with Crippen molar-refractivity contribution in [2.45, 2.75) is 52.5 Å². The van der Waals surface area contributed by atoms with Crippen molar-refractivity contribution in [3.63, 3.8) is 0 Å². The molecule has 0 aromatic heterocycles. The third-order valence-electron chi connectivity index (χ3n) is 3.99. The molecule has 0 spiro atoms. The lowest BCUT2D eigenvalue weighted by molar-refractivity contribution is -0.140. The van der Waals surface area contributed by atoms with Gasteiger partial charge in [0.25, 0.3) is 0 Å². The zero-order valence-corrected chi connectivity index (χ0v) is 17.6. The van der Waals surface area contributed by atoms with Crippen molar-refractivity contribution in [3.05, 3.63) is 23.8 Å². The summed E-state index contributed by atoms with van der Waals surface area (Å²) in [6.45, 7) is 7.91. The smallest absolute Gasteiger partial charge is 0.305 e. The Hall–Kier alpha value is -2.02. The summed E-state index contributed by atoms with van der Waals surface area (Å²) < 4.78 is 15.9. The molecule has 6 nitrogen and oxygen atoms in total. The van der Waals surface area contributed by atoms with E-state index in [1.807, 2.05) is 32.0 Å². The number of unbranched alkanes of at least 4 members (excludes halogenated alkanes) is 2. The van der Waals surface area contributed by atoms with Gasteiger partial charge in [0, 0.05) is 13.0 Å². The Morgan fingerprint density at radius 2 is 1.81 bits per heavy atom. The van der Waals surface area contributed by atoms with Crippen molar-refractivity contribution < 1.29 is 19.0 Å². The largest absolute Gasteiger partial charge is 0.490 e. The number of rotatable bonds is 12. The highest BCUT2D eigenvalue weighted by molar-refractivity contribution is 7.80. The molecule has 1 rings (SSSR count). The van der Waals surface area contributed by atoms with E-state index in [1.165, 1.54) is 7.11 Å². The Balaban J connectivity index is 2.41. The average Bonchev–Trinajstić information content (AvgIpc) is 2.65. The molecule has 27 heavy (non-hydrogen) atoms. The maximum atomic E-state index is 11.0. The number of benzene rings is 1. The minimum Gasteiger partial charge on any atom is -0.490 e. The minimum atomic E-state index is -0.157. The predicted molar refractivity (Wildman–Crippen MR) is 111 cm³/mol. The van der Waals surface area contributed by atoms with E-state index in [4.69, 9.17) is 21.7 Å². The number of thiocarbonyl (C=S) groups is 1. The number of esters is 1. The van der Waals surface area contributed by atoms with Crippen molar-refractivity contribution in [3.8, 4) is 11.5 Å². The first-order valence-corrected chi connectivity index (χ1v) is 9.93. The highest BCUT2D eigenvalue weighted by atomic mass is 32.1. The van der Waals surface area contributed by atoms with E-state index >= 15 is 0 Å². The topological polar surface area (TPSA) is 68.8 Å². The van der Waals surface area contributed by atoms with E-state index in [1.54, 1.807) is 0 Å². The fourth-order valence-electron chi connectivity index (χ4n) is 2.54. The Morgan fingerprint density at radius 3 is 2.48 bits per heavy atom. The van der Waals surface area contributed by atoms with Crippen LogP contribution in [0.15, 0.2) is 18.2 Å². The van der Waals surface area contributed by atoms with Crippen LogP contribution >= 0.6 is 12.2 Å². The van der Waals surface area contributed by atoms with Crippen LogP contribution in [-0.4, -0.2) is 38.0 Å². The maximum absolute atomic E-state index is 11.0. The van der Waals surface area contributed by atoms with Crippen LogP contribution in [0.4, 0.5) is 0 Å². The first-order chi connectivity index (χ1) is 13.0. The van der Waals surface area contributed by atoms with Crippen molar-refractivity contribution >= 4 is 23.3 Å². The summed E-state index contributed by atoms with van der Waals surface area (Å²) in [6.07, 6.45) is 3.20. The van der Waals surface area contributed by atoms with Gasteiger partial charge in [-0.1, -0.05) is 12.5 Å². The second kappa shape index (κ2) is 13.2.